The van der Waals surface area contributed by atoms with Gasteiger partial charge in [-0.05, 0) is 77.1 Å². The molecule has 2 amide bonds. The monoisotopic (exact) mass is 871 g/mol. The van der Waals surface area contributed by atoms with Crippen LogP contribution < -0.4 is 10.6 Å². The third kappa shape index (κ3) is 34.6. The van der Waals surface area contributed by atoms with Crippen LogP contribution in [0.1, 0.15) is 65.2 Å². The van der Waals surface area contributed by atoms with Crippen LogP contribution in [0, 0.1) is 0 Å². The smallest absolute Gasteiger partial charge is 0.311 e. The van der Waals surface area contributed by atoms with Crippen LogP contribution in [0.5, 0.6) is 0 Å². The summed E-state index contributed by atoms with van der Waals surface area (Å²) < 4.78 is 37.9. The molecule has 0 aliphatic rings. The summed E-state index contributed by atoms with van der Waals surface area (Å²) in [5.41, 5.74) is 0. The zero-order chi connectivity index (χ0) is 43.4. The van der Waals surface area contributed by atoms with Crippen molar-refractivity contribution in [1.29, 1.82) is 0 Å². The predicted molar refractivity (Wildman–Crippen MR) is 238 cm³/mol. The Kier molecular flexibility index (Phi) is 29.8. The van der Waals surface area contributed by atoms with Crippen LogP contribution in [0.3, 0.4) is 0 Å². The van der Waals surface area contributed by atoms with Gasteiger partial charge >= 0.3 is 8.56 Å². The fraction of sp³-hybridized carbons (Fsp3) is 0.950. The summed E-state index contributed by atoms with van der Waals surface area (Å²) in [6.07, 6.45) is 5.34. The van der Waals surface area contributed by atoms with Crippen molar-refractivity contribution in [3.8, 4) is 0 Å². The van der Waals surface area contributed by atoms with Gasteiger partial charge in [0.25, 0.3) is 0 Å². The molecule has 14 nitrogen and oxygen atoms in total. The van der Waals surface area contributed by atoms with Gasteiger partial charge in [-0.25, -0.2) is 0 Å². The fourth-order valence-corrected chi connectivity index (χ4v) is 21.1. The average molecular weight is 871 g/mol. The molecule has 0 bridgehead atoms. The number of hydrogen-bond acceptors (Lipinski definition) is 10. The largest absolute Gasteiger partial charge is 0.437 e. The van der Waals surface area contributed by atoms with Gasteiger partial charge < -0.3 is 57.0 Å². The van der Waals surface area contributed by atoms with Crippen molar-refractivity contribution in [2.75, 3.05) is 120 Å². The molecule has 0 fully saturated rings. The third-order valence-electron chi connectivity index (χ3n) is 9.43. The fourth-order valence-electron chi connectivity index (χ4n) is 7.06. The highest BCUT2D eigenvalue weighted by atomic mass is 28.5. The van der Waals surface area contributed by atoms with E-state index in [1.54, 1.807) is 0 Å². The van der Waals surface area contributed by atoms with Crippen molar-refractivity contribution >= 4 is 37.0 Å². The minimum atomic E-state index is -2.32. The summed E-state index contributed by atoms with van der Waals surface area (Å²) in [5.74, 6) is 0.209. The van der Waals surface area contributed by atoms with Gasteiger partial charge in [0, 0.05) is 52.0 Å². The molecule has 0 saturated heterocycles. The van der Waals surface area contributed by atoms with Crippen LogP contribution in [0.25, 0.3) is 0 Å². The standard InChI is InChI=1S/C40H88N4O10Si3/c1-13-19-39(47)41-21-15-23-43(3,4)33-37(45)35-51-29-27-49-25-17-31-55(7,8)53-57(11,12)54-56(9,10)32-18-26-50-28-30-52-36-38(46)34-44(5,6)24-16-22-42-40(48)20-14-2/h37-38,45-46H,13-36H2,1-12H3/p+2. The quantitative estimate of drug-likeness (QED) is 0.0398. The molecule has 0 radical (unpaired) electrons. The number of amides is 2. The first kappa shape index (κ1) is 56.2. The van der Waals surface area contributed by atoms with Gasteiger partial charge in [0.1, 0.15) is 25.3 Å². The van der Waals surface area contributed by atoms with E-state index in [0.717, 1.165) is 63.7 Å². The van der Waals surface area contributed by atoms with E-state index in [1.807, 2.05) is 13.8 Å². The van der Waals surface area contributed by atoms with Crippen LogP contribution in [0.4, 0.5) is 0 Å². The summed E-state index contributed by atoms with van der Waals surface area (Å²) >= 11 is 0. The second kappa shape index (κ2) is 30.3. The number of hydrogen-bond donors (Lipinski definition) is 4. The molecule has 0 aliphatic heterocycles. The molecule has 0 aliphatic carbocycles. The highest BCUT2D eigenvalue weighted by Gasteiger charge is 2.39. The van der Waals surface area contributed by atoms with E-state index in [0.29, 0.717) is 87.6 Å². The van der Waals surface area contributed by atoms with Crippen molar-refractivity contribution in [2.45, 2.75) is 129 Å². The molecular formula is C40H90N4O10Si3+2. The second-order valence-electron chi connectivity index (χ2n) is 18.6. The maximum Gasteiger partial charge on any atom is 0.311 e. The van der Waals surface area contributed by atoms with Crippen molar-refractivity contribution in [3.05, 3.63) is 0 Å². The van der Waals surface area contributed by atoms with Crippen LogP contribution in [0.2, 0.25) is 51.4 Å². The van der Waals surface area contributed by atoms with Gasteiger partial charge in [-0.1, -0.05) is 13.8 Å². The molecule has 2 unspecified atom stereocenters. The SMILES string of the molecule is CCCC(=O)NCCC[N+](C)(C)CC(O)COCCOCCC[Si](C)(C)O[Si](C)(C)O[Si](C)(C)CCCOCCOCC(O)C[N+](C)(C)CCCNC(=O)CCC. The van der Waals surface area contributed by atoms with E-state index >= 15 is 0 Å². The molecule has 0 spiro atoms. The van der Waals surface area contributed by atoms with Crippen molar-refractivity contribution in [3.63, 3.8) is 0 Å². The number of nitrogens with zero attached hydrogens (tertiary/aromatic N) is 2. The van der Waals surface area contributed by atoms with E-state index < -0.39 is 37.4 Å². The van der Waals surface area contributed by atoms with Gasteiger partial charge in [0.05, 0.1) is 80.9 Å². The summed E-state index contributed by atoms with van der Waals surface area (Å²) in [5, 5.41) is 26.8. The Hall–Kier alpha value is -0.809. The summed E-state index contributed by atoms with van der Waals surface area (Å²) in [4.78, 5) is 23.3. The molecule has 340 valence electrons. The molecule has 0 aromatic heterocycles. The molecule has 57 heavy (non-hydrogen) atoms. The molecule has 0 aromatic carbocycles. The number of carbonyl (C=O) groups excluding carboxylic acids is 2. The number of nitrogens with one attached hydrogen (secondary N) is 2. The lowest BCUT2D eigenvalue weighted by atomic mass is 10.2. The van der Waals surface area contributed by atoms with Gasteiger partial charge in [-0.3, -0.25) is 9.59 Å². The zero-order valence-corrected chi connectivity index (χ0v) is 41.7. The van der Waals surface area contributed by atoms with E-state index in [-0.39, 0.29) is 25.0 Å². The second-order valence-corrected chi connectivity index (χ2v) is 31.1. The number of aliphatic hydroxyl groups is 2. The summed E-state index contributed by atoms with van der Waals surface area (Å²) in [6.45, 7) is 25.4. The lowest BCUT2D eigenvalue weighted by Gasteiger charge is -2.38. The Bertz CT molecular complexity index is 979. The normalized spacial score (nSPS) is 14.1. The first-order valence-electron chi connectivity index (χ1n) is 21.8. The average Bonchev–Trinajstić information content (AvgIpc) is 3.06. The van der Waals surface area contributed by atoms with Gasteiger partial charge in [-0.15, -0.1) is 0 Å². The number of rotatable bonds is 38. The topological polar surface area (TPSA) is 154 Å². The lowest BCUT2D eigenvalue weighted by Crippen LogP contribution is -2.52. The number of quaternary nitrogens is 2. The number of likely N-dealkylation sites (N-methyl/N-ethyl adjacent to an activating group) is 2. The van der Waals surface area contributed by atoms with Crippen LogP contribution in [0.15, 0.2) is 0 Å². The minimum absolute atomic E-state index is 0.105. The van der Waals surface area contributed by atoms with E-state index in [1.165, 1.54) is 0 Å². The Labute approximate surface area is 351 Å². The minimum Gasteiger partial charge on any atom is -0.437 e. The van der Waals surface area contributed by atoms with Crippen molar-refractivity contribution in [2.24, 2.45) is 0 Å². The van der Waals surface area contributed by atoms with E-state index in [9.17, 15) is 19.8 Å². The Morgan fingerprint density at radius 1 is 0.561 bits per heavy atom. The first-order valence-corrected chi connectivity index (χ1v) is 30.8. The third-order valence-corrected chi connectivity index (χ3v) is 20.9. The summed E-state index contributed by atoms with van der Waals surface area (Å²) in [7, 11) is 2.14. The number of aliphatic hydroxyl groups excluding tert-OH is 2. The molecule has 17 heteroatoms. The van der Waals surface area contributed by atoms with E-state index in [4.69, 9.17) is 27.2 Å². The first-order chi connectivity index (χ1) is 26.5. The lowest BCUT2D eigenvalue weighted by molar-refractivity contribution is -0.893. The molecule has 0 heterocycles. The Morgan fingerprint density at radius 3 is 1.26 bits per heavy atom. The highest BCUT2D eigenvalue weighted by molar-refractivity contribution is 6.87. The molecule has 0 rings (SSSR count). The van der Waals surface area contributed by atoms with Crippen LogP contribution >= 0.6 is 0 Å². The molecule has 2 atom stereocenters. The number of carbonyl (C=O) groups is 2. The number of ether oxygens (including phenoxy) is 4. The van der Waals surface area contributed by atoms with Crippen molar-refractivity contribution in [1.82, 2.24) is 10.6 Å². The van der Waals surface area contributed by atoms with Gasteiger partial charge in [0.2, 0.25) is 11.8 Å². The highest BCUT2D eigenvalue weighted by Crippen LogP contribution is 2.26. The van der Waals surface area contributed by atoms with Crippen molar-refractivity contribution < 1.29 is 55.9 Å². The van der Waals surface area contributed by atoms with Gasteiger partial charge in [-0.2, -0.15) is 0 Å². The maximum atomic E-state index is 11.6. The molecule has 0 aromatic rings. The Balaban J connectivity index is 4.10. The molecule has 0 saturated carbocycles. The maximum absolute atomic E-state index is 11.6. The molecule has 4 N–H and O–H groups in total. The van der Waals surface area contributed by atoms with Crippen LogP contribution in [-0.4, -0.2) is 189 Å². The summed E-state index contributed by atoms with van der Waals surface area (Å²) in [6, 6.07) is 1.99. The Morgan fingerprint density at radius 2 is 0.912 bits per heavy atom. The van der Waals surface area contributed by atoms with Gasteiger partial charge in [0.15, 0.2) is 16.6 Å². The van der Waals surface area contributed by atoms with E-state index in [2.05, 4.69) is 78.1 Å². The predicted octanol–water partition coefficient (Wildman–Crippen LogP) is 4.47. The molecular weight excluding hydrogens is 781 g/mol. The zero-order valence-electron chi connectivity index (χ0n) is 38.7. The van der Waals surface area contributed by atoms with Crippen LogP contribution in [-0.2, 0) is 36.8 Å².